The van der Waals surface area contributed by atoms with E-state index in [0.717, 1.165) is 32.5 Å². The molecule has 1 aromatic heterocycles. The fraction of sp³-hybridized carbons (Fsp3) is 0.692. The van der Waals surface area contributed by atoms with Gasteiger partial charge < -0.3 is 15.5 Å². The van der Waals surface area contributed by atoms with E-state index in [1.807, 2.05) is 7.05 Å². The van der Waals surface area contributed by atoms with Crippen LogP contribution < -0.4 is 5.73 Å². The third-order valence-electron chi connectivity index (χ3n) is 3.89. The van der Waals surface area contributed by atoms with Gasteiger partial charge in [-0.1, -0.05) is 0 Å². The van der Waals surface area contributed by atoms with Crippen LogP contribution in [0.3, 0.4) is 0 Å². The van der Waals surface area contributed by atoms with Crippen LogP contribution >= 0.6 is 0 Å². The molecule has 6 heteroatoms. The monoisotopic (exact) mass is 265 g/mol. The Labute approximate surface area is 114 Å². The first kappa shape index (κ1) is 13.9. The fourth-order valence-corrected chi connectivity index (χ4v) is 2.61. The summed E-state index contributed by atoms with van der Waals surface area (Å²) in [5.74, 6) is 0.538. The fourth-order valence-electron chi connectivity index (χ4n) is 2.61. The average molecular weight is 265 g/mol. The second-order valence-corrected chi connectivity index (χ2v) is 5.50. The van der Waals surface area contributed by atoms with Crippen LogP contribution in [-0.4, -0.2) is 59.2 Å². The highest BCUT2D eigenvalue weighted by Gasteiger charge is 2.23. The molecule has 6 nitrogen and oxygen atoms in total. The van der Waals surface area contributed by atoms with Gasteiger partial charge in [0.15, 0.2) is 0 Å². The first-order valence-electron chi connectivity index (χ1n) is 6.70. The van der Waals surface area contributed by atoms with Gasteiger partial charge in [0.25, 0.3) is 5.91 Å². The van der Waals surface area contributed by atoms with Crippen LogP contribution in [0, 0.1) is 5.92 Å². The number of carbonyl (C=O) groups is 1. The van der Waals surface area contributed by atoms with Gasteiger partial charge in [-0.05, 0) is 38.9 Å². The Balaban J connectivity index is 1.96. The minimum atomic E-state index is -0.0450. The summed E-state index contributed by atoms with van der Waals surface area (Å²) in [6.45, 7) is 3.01. The van der Waals surface area contributed by atoms with Crippen molar-refractivity contribution in [2.24, 2.45) is 13.0 Å². The minimum Gasteiger partial charge on any atom is -0.396 e. The number of nitrogens with zero attached hydrogens (tertiary/aromatic N) is 4. The number of carbonyl (C=O) groups excluding carboxylic acids is 1. The number of aromatic nitrogens is 2. The SMILES string of the molecule is CN1CCC(CN(C)C(=O)c2c(N)cnn2C)CC1. The third kappa shape index (κ3) is 3.07. The number of hydrogen-bond donors (Lipinski definition) is 1. The first-order chi connectivity index (χ1) is 8.99. The van der Waals surface area contributed by atoms with E-state index in [9.17, 15) is 4.79 Å². The molecule has 1 saturated heterocycles. The third-order valence-corrected chi connectivity index (χ3v) is 3.89. The second kappa shape index (κ2) is 5.61. The van der Waals surface area contributed by atoms with Crippen LogP contribution in [0.2, 0.25) is 0 Å². The van der Waals surface area contributed by atoms with Gasteiger partial charge in [0.05, 0.1) is 11.9 Å². The number of hydrogen-bond acceptors (Lipinski definition) is 4. The minimum absolute atomic E-state index is 0.0450. The van der Waals surface area contributed by atoms with Crippen molar-refractivity contribution in [2.75, 3.05) is 39.5 Å². The quantitative estimate of drug-likeness (QED) is 0.860. The van der Waals surface area contributed by atoms with E-state index in [1.54, 1.807) is 16.6 Å². The van der Waals surface area contributed by atoms with Crippen molar-refractivity contribution in [1.29, 1.82) is 0 Å². The van der Waals surface area contributed by atoms with E-state index in [4.69, 9.17) is 5.73 Å². The standard InChI is InChI=1S/C13H23N5O/c1-16-6-4-10(5-7-16)9-17(2)13(19)12-11(14)8-15-18(12)3/h8,10H,4-7,9,14H2,1-3H3. The van der Waals surface area contributed by atoms with Crippen molar-refractivity contribution >= 4 is 11.6 Å². The van der Waals surface area contributed by atoms with Crippen molar-refractivity contribution in [1.82, 2.24) is 19.6 Å². The average Bonchev–Trinajstić information content (AvgIpc) is 2.71. The zero-order chi connectivity index (χ0) is 14.0. The van der Waals surface area contributed by atoms with Crippen molar-refractivity contribution in [3.63, 3.8) is 0 Å². The molecular formula is C13H23N5O. The molecule has 1 aromatic rings. The molecule has 0 radical (unpaired) electrons. The Morgan fingerprint density at radius 1 is 1.47 bits per heavy atom. The topological polar surface area (TPSA) is 67.4 Å². The Bertz CT molecular complexity index is 428. The lowest BCUT2D eigenvalue weighted by molar-refractivity contribution is 0.0737. The number of aryl methyl sites for hydroxylation is 1. The number of nitrogens with two attached hydrogens (primary N) is 1. The zero-order valence-electron chi connectivity index (χ0n) is 12.0. The molecule has 0 aromatic carbocycles. The Morgan fingerprint density at radius 2 is 2.11 bits per heavy atom. The van der Waals surface area contributed by atoms with Gasteiger partial charge >= 0.3 is 0 Å². The molecule has 0 bridgehead atoms. The lowest BCUT2D eigenvalue weighted by Crippen LogP contribution is -2.38. The van der Waals surface area contributed by atoms with Gasteiger partial charge in [0.1, 0.15) is 5.69 Å². The number of likely N-dealkylation sites (tertiary alicyclic amines) is 1. The molecule has 0 saturated carbocycles. The Morgan fingerprint density at radius 3 is 2.63 bits per heavy atom. The molecule has 0 spiro atoms. The Hall–Kier alpha value is -1.56. The molecule has 1 amide bonds. The molecule has 0 atom stereocenters. The first-order valence-corrected chi connectivity index (χ1v) is 6.70. The van der Waals surface area contributed by atoms with E-state index in [1.165, 1.54) is 6.20 Å². The van der Waals surface area contributed by atoms with Gasteiger partial charge in [0, 0.05) is 20.6 Å². The number of nitrogen functional groups attached to an aromatic ring is 1. The van der Waals surface area contributed by atoms with Crippen LogP contribution in [0.4, 0.5) is 5.69 Å². The number of amides is 1. The summed E-state index contributed by atoms with van der Waals surface area (Å²) in [6, 6.07) is 0. The predicted octanol–water partition coefficient (Wildman–Crippen LogP) is 0.416. The maximum absolute atomic E-state index is 12.4. The normalized spacial score (nSPS) is 17.6. The number of piperidine rings is 1. The highest BCUT2D eigenvalue weighted by atomic mass is 16.2. The maximum atomic E-state index is 12.4. The molecule has 2 N–H and O–H groups in total. The summed E-state index contributed by atoms with van der Waals surface area (Å²) in [6.07, 6.45) is 3.82. The zero-order valence-corrected chi connectivity index (χ0v) is 12.0. The number of rotatable bonds is 3. The van der Waals surface area contributed by atoms with Crippen LogP contribution in [0.1, 0.15) is 23.3 Å². The summed E-state index contributed by atoms with van der Waals surface area (Å²) in [5, 5.41) is 4.01. The van der Waals surface area contributed by atoms with Gasteiger partial charge in [-0.25, -0.2) is 0 Å². The molecule has 0 unspecified atom stereocenters. The van der Waals surface area contributed by atoms with Gasteiger partial charge in [-0.3, -0.25) is 9.48 Å². The largest absolute Gasteiger partial charge is 0.396 e. The van der Waals surface area contributed by atoms with E-state index in [2.05, 4.69) is 17.0 Å². The molecule has 106 valence electrons. The Kier molecular flexibility index (Phi) is 4.09. The van der Waals surface area contributed by atoms with Crippen LogP contribution in [0.15, 0.2) is 6.20 Å². The molecular weight excluding hydrogens is 242 g/mol. The molecule has 1 aliphatic heterocycles. The molecule has 1 aliphatic rings. The van der Waals surface area contributed by atoms with Crippen molar-refractivity contribution < 1.29 is 4.79 Å². The van der Waals surface area contributed by atoms with Crippen molar-refractivity contribution in [3.05, 3.63) is 11.9 Å². The van der Waals surface area contributed by atoms with Crippen LogP contribution in [-0.2, 0) is 7.05 Å². The summed E-state index contributed by atoms with van der Waals surface area (Å²) in [4.78, 5) is 16.5. The summed E-state index contributed by atoms with van der Waals surface area (Å²) in [7, 11) is 5.72. The van der Waals surface area contributed by atoms with Crippen LogP contribution in [0.5, 0.6) is 0 Å². The van der Waals surface area contributed by atoms with Crippen molar-refractivity contribution in [2.45, 2.75) is 12.8 Å². The van der Waals surface area contributed by atoms with Gasteiger partial charge in [-0.2, -0.15) is 5.10 Å². The van der Waals surface area contributed by atoms with E-state index in [0.29, 0.717) is 17.3 Å². The molecule has 19 heavy (non-hydrogen) atoms. The van der Waals surface area contributed by atoms with E-state index >= 15 is 0 Å². The molecule has 0 aliphatic carbocycles. The van der Waals surface area contributed by atoms with E-state index < -0.39 is 0 Å². The molecule has 2 heterocycles. The van der Waals surface area contributed by atoms with E-state index in [-0.39, 0.29) is 5.91 Å². The lowest BCUT2D eigenvalue weighted by Gasteiger charge is -2.31. The molecule has 1 fully saturated rings. The number of anilines is 1. The van der Waals surface area contributed by atoms with Crippen LogP contribution in [0.25, 0.3) is 0 Å². The predicted molar refractivity (Wildman–Crippen MR) is 74.8 cm³/mol. The molecule has 2 rings (SSSR count). The highest BCUT2D eigenvalue weighted by molar-refractivity contribution is 5.97. The smallest absolute Gasteiger partial charge is 0.274 e. The second-order valence-electron chi connectivity index (χ2n) is 5.50. The lowest BCUT2D eigenvalue weighted by atomic mass is 9.96. The summed E-state index contributed by atoms with van der Waals surface area (Å²) < 4.78 is 1.54. The van der Waals surface area contributed by atoms with Gasteiger partial charge in [-0.15, -0.1) is 0 Å². The summed E-state index contributed by atoms with van der Waals surface area (Å²) in [5.41, 5.74) is 6.72. The maximum Gasteiger partial charge on any atom is 0.274 e. The van der Waals surface area contributed by atoms with Gasteiger partial charge in [0.2, 0.25) is 0 Å². The summed E-state index contributed by atoms with van der Waals surface area (Å²) >= 11 is 0. The highest BCUT2D eigenvalue weighted by Crippen LogP contribution is 2.19. The van der Waals surface area contributed by atoms with Crippen molar-refractivity contribution in [3.8, 4) is 0 Å².